The molecule has 0 spiro atoms. The Labute approximate surface area is 778 Å². The summed E-state index contributed by atoms with van der Waals surface area (Å²) in [5, 5.41) is 91.6. The lowest BCUT2D eigenvalue weighted by Gasteiger charge is -2.37. The molecule has 24 heteroatoms. The number of hydrogen-bond acceptors (Lipinski definition) is 24. The van der Waals surface area contributed by atoms with E-state index in [1.807, 2.05) is 0 Å². The van der Waals surface area contributed by atoms with Crippen LogP contribution in [0.5, 0.6) is 46.0 Å². The van der Waals surface area contributed by atoms with E-state index in [4.69, 9.17) is 75.8 Å². The van der Waals surface area contributed by atoms with E-state index in [1.54, 1.807) is 28.4 Å². The van der Waals surface area contributed by atoms with Crippen molar-refractivity contribution >= 4 is 0 Å². The van der Waals surface area contributed by atoms with Crippen LogP contribution in [0.15, 0.2) is 48.5 Å². The van der Waals surface area contributed by atoms with Crippen LogP contribution in [0, 0.1) is 5.41 Å². The smallest absolute Gasteiger partial charge is 0.123 e. The van der Waals surface area contributed by atoms with Gasteiger partial charge in [0.05, 0.1) is 196 Å². The molecule has 0 saturated heterocycles. The van der Waals surface area contributed by atoms with Gasteiger partial charge >= 0.3 is 0 Å². The quantitative estimate of drug-likeness (QED) is 0.0190. The molecule has 0 fully saturated rings. The molecule has 0 amide bonds. The van der Waals surface area contributed by atoms with Crippen molar-refractivity contribution in [1.29, 1.82) is 0 Å². The van der Waals surface area contributed by atoms with Gasteiger partial charge in [0.15, 0.2) is 0 Å². The molecule has 0 aromatic heterocycles. The summed E-state index contributed by atoms with van der Waals surface area (Å²) in [5.41, 5.74) is 5.80. The Balaban J connectivity index is 1.42. The Bertz CT molecular complexity index is 3510. The van der Waals surface area contributed by atoms with Crippen LogP contribution in [0.2, 0.25) is 0 Å². The Morgan fingerprint density at radius 2 is 0.333 bits per heavy atom. The van der Waals surface area contributed by atoms with Gasteiger partial charge in [-0.3, -0.25) is 0 Å². The van der Waals surface area contributed by atoms with E-state index in [1.165, 1.54) is 0 Å². The van der Waals surface area contributed by atoms with E-state index < -0.39 is 54.2 Å². The van der Waals surface area contributed by atoms with Crippen LogP contribution in [0.1, 0.15) is 313 Å². The molecule has 0 aliphatic carbocycles. The van der Waals surface area contributed by atoms with Gasteiger partial charge in [-0.2, -0.15) is 0 Å². The highest BCUT2D eigenvalue weighted by Gasteiger charge is 2.38. The van der Waals surface area contributed by atoms with Crippen LogP contribution in [-0.4, -0.2) is 250 Å². The molecular formula is C105H180O24. The van der Waals surface area contributed by atoms with E-state index >= 15 is 0 Å². The largest absolute Gasteiger partial charge is 0.496 e. The van der Waals surface area contributed by atoms with Gasteiger partial charge in [-0.05, 0) is 182 Å². The first-order valence-corrected chi connectivity index (χ1v) is 47.7. The van der Waals surface area contributed by atoms with Crippen LogP contribution in [-0.2, 0) is 81.2 Å². The Kier molecular flexibility index (Phi) is 50.0. The highest BCUT2D eigenvalue weighted by Crippen LogP contribution is 2.47. The molecule has 8 N–H and O–H groups in total. The summed E-state index contributed by atoms with van der Waals surface area (Å²) in [5.74, 6) is 6.41. The van der Waals surface area contributed by atoms with Gasteiger partial charge < -0.3 is 117 Å². The van der Waals surface area contributed by atoms with Gasteiger partial charge in [-0.15, -0.1) is 0 Å². The first-order chi connectivity index (χ1) is 60.2. The molecule has 4 aromatic rings. The van der Waals surface area contributed by atoms with E-state index in [9.17, 15) is 40.9 Å². The molecule has 744 valence electrons. The fraction of sp³-hybridized carbons (Fsp3) is 0.771. The van der Waals surface area contributed by atoms with Crippen LogP contribution < -0.4 is 37.9 Å². The fourth-order valence-corrected chi connectivity index (χ4v) is 15.7. The number of ether oxygens (including phenoxy) is 16. The summed E-state index contributed by atoms with van der Waals surface area (Å²) in [7, 11) is 6.76. The van der Waals surface area contributed by atoms with Crippen LogP contribution in [0.4, 0.5) is 0 Å². The minimum atomic E-state index is -1.00. The zero-order valence-electron chi connectivity index (χ0n) is 85.3. The first kappa shape index (κ1) is 116. The molecule has 4 rings (SSSR count). The maximum absolute atomic E-state index is 12.1. The molecule has 0 radical (unpaired) electrons. The van der Waals surface area contributed by atoms with Crippen molar-refractivity contribution in [2.75, 3.05) is 161 Å². The van der Waals surface area contributed by atoms with Gasteiger partial charge in [0.25, 0.3) is 0 Å². The van der Waals surface area contributed by atoms with Crippen molar-refractivity contribution in [3.63, 3.8) is 0 Å². The fourth-order valence-electron chi connectivity index (χ4n) is 15.7. The van der Waals surface area contributed by atoms with Crippen LogP contribution in [0.3, 0.4) is 0 Å². The SMILES string of the molecule is COc1cc(C(C)(C)C)c(OCCOCCOCCOCCOCC(COCCOCCOCCOCCOc2cc(C(C)(C)C)c(OC)cc2C(C)(C)C)(CC(O)CCC(O)CCC(O)CCC(O)CCOc2cc(C(C)(C)C)c(OC)cc2C(C)(C)C)CC(O)CCC(O)CCC(O)CCC(O)CCOc2cc(C(C)(C)C)c(OC)cc2C(C)(C)C)cc1C(C)(C)C. The summed E-state index contributed by atoms with van der Waals surface area (Å²) in [6.45, 7) is 56.9. The number of hydrogen-bond donors (Lipinski definition) is 8. The number of rotatable bonds is 64. The molecule has 0 aliphatic heterocycles. The molecule has 4 aromatic carbocycles. The summed E-state index contributed by atoms with van der Waals surface area (Å²) in [4.78, 5) is 0. The third kappa shape index (κ3) is 43.5. The number of methoxy groups -OCH3 is 4. The topological polar surface area (TPSA) is 310 Å². The molecule has 24 nitrogen and oxygen atoms in total. The van der Waals surface area contributed by atoms with Gasteiger partial charge in [0, 0.05) is 62.8 Å². The van der Waals surface area contributed by atoms with Gasteiger partial charge in [-0.1, -0.05) is 166 Å². The van der Waals surface area contributed by atoms with Crippen LogP contribution >= 0.6 is 0 Å². The maximum atomic E-state index is 12.1. The van der Waals surface area contributed by atoms with E-state index in [2.05, 4.69) is 215 Å². The Morgan fingerprint density at radius 3 is 0.519 bits per heavy atom. The van der Waals surface area contributed by atoms with Gasteiger partial charge in [-0.25, -0.2) is 0 Å². The van der Waals surface area contributed by atoms with Crippen molar-refractivity contribution in [3.8, 4) is 46.0 Å². The zero-order chi connectivity index (χ0) is 96.8. The minimum absolute atomic E-state index is 0.0464. The van der Waals surface area contributed by atoms with Crippen LogP contribution in [0.25, 0.3) is 0 Å². The molecule has 0 bridgehead atoms. The van der Waals surface area contributed by atoms with E-state index in [0.29, 0.717) is 118 Å². The predicted molar refractivity (Wildman–Crippen MR) is 514 cm³/mol. The lowest BCUT2D eigenvalue weighted by molar-refractivity contribution is -0.0882. The normalized spacial score (nSPS) is 14.9. The number of aliphatic hydroxyl groups excluding tert-OH is 8. The lowest BCUT2D eigenvalue weighted by Crippen LogP contribution is -2.40. The number of benzene rings is 4. The predicted octanol–water partition coefficient (Wildman–Crippen LogP) is 18.0. The molecule has 8 atom stereocenters. The molecule has 0 heterocycles. The van der Waals surface area contributed by atoms with Crippen molar-refractivity contribution in [1.82, 2.24) is 0 Å². The second-order valence-corrected chi connectivity index (χ2v) is 43.5. The van der Waals surface area contributed by atoms with E-state index in [-0.39, 0.29) is 160 Å². The van der Waals surface area contributed by atoms with Gasteiger partial charge in [0.2, 0.25) is 0 Å². The summed E-state index contributed by atoms with van der Waals surface area (Å²) < 4.78 is 97.0. The van der Waals surface area contributed by atoms with Crippen molar-refractivity contribution in [3.05, 3.63) is 93.0 Å². The van der Waals surface area contributed by atoms with Gasteiger partial charge in [0.1, 0.15) is 59.2 Å². The Morgan fingerprint density at radius 1 is 0.186 bits per heavy atom. The lowest BCUT2D eigenvalue weighted by atomic mass is 9.77. The zero-order valence-corrected chi connectivity index (χ0v) is 85.3. The van der Waals surface area contributed by atoms with Crippen molar-refractivity contribution in [2.45, 2.75) is 361 Å². The molecule has 129 heavy (non-hydrogen) atoms. The summed E-state index contributed by atoms with van der Waals surface area (Å²) in [6.07, 6.45) is -2.50. The maximum Gasteiger partial charge on any atom is 0.123 e. The monoisotopic (exact) mass is 1830 g/mol. The molecule has 0 saturated carbocycles. The highest BCUT2D eigenvalue weighted by atomic mass is 16.6. The molecule has 8 unspecified atom stereocenters. The van der Waals surface area contributed by atoms with E-state index in [0.717, 1.165) is 90.5 Å². The highest BCUT2D eigenvalue weighted by molar-refractivity contribution is 5.55. The number of aliphatic hydroxyl groups is 8. The average molecular weight is 1830 g/mol. The third-order valence-corrected chi connectivity index (χ3v) is 23.4. The van der Waals surface area contributed by atoms with Crippen molar-refractivity contribution < 1.29 is 117 Å². The van der Waals surface area contributed by atoms with Crippen molar-refractivity contribution in [2.24, 2.45) is 5.41 Å². The summed E-state index contributed by atoms with van der Waals surface area (Å²) >= 11 is 0. The second kappa shape index (κ2) is 55.6. The first-order valence-electron chi connectivity index (χ1n) is 47.7. The standard InChI is InChI=1S/C105H180O24/c1-97(2,3)81-65-93(85(101(13,14)15)61-89(81)114-25)126-43-41-77(110)35-33-73(106)29-31-75(108)37-39-79(112)69-105(71-124-55-53-120-47-45-118-49-51-122-57-59-128-95-67-83(99(7,8)9)91(116-27)63-87(95)103(19,20)21,72-125-56-54-121-48-46-119-50-52-123-58-60-129-96-68-84(100(10,11)12)92(117-28)64-88(96)104(22,23)24)70-80(113)40-38-76(109)32-30-74(107)34-36-78(111)42-44-127-94-66-82(98(4,5)6)90(115-26)62-86(94)102(16,17)18/h61-68,73-80,106-113H,29-60,69-72H2,1-28H3. The third-order valence-electron chi connectivity index (χ3n) is 23.4. The molecule has 0 aliphatic rings. The Hall–Kier alpha value is -5.36. The average Bonchev–Trinajstić information content (AvgIpc) is 0.797. The molecular weight excluding hydrogens is 1650 g/mol. The second-order valence-electron chi connectivity index (χ2n) is 43.5. The minimum Gasteiger partial charge on any atom is -0.496 e. The summed E-state index contributed by atoms with van der Waals surface area (Å²) in [6, 6.07) is 16.5.